The molecule has 0 radical (unpaired) electrons. The van der Waals surface area contributed by atoms with Crippen LogP contribution in [0.5, 0.6) is 0 Å². The SMILES string of the molecule is CCCCN(C(=O)CSc1n[nH]c(-c2ccc(CC)cc2)n1)C1CCS(=O)(=O)C1. The van der Waals surface area contributed by atoms with E-state index in [1.54, 1.807) is 4.90 Å². The third-order valence-electron chi connectivity index (χ3n) is 5.15. The predicted molar refractivity (Wildman–Crippen MR) is 116 cm³/mol. The lowest BCUT2D eigenvalue weighted by Crippen LogP contribution is -2.42. The third-order valence-corrected chi connectivity index (χ3v) is 7.73. The lowest BCUT2D eigenvalue weighted by molar-refractivity contribution is -0.130. The van der Waals surface area contributed by atoms with Crippen molar-refractivity contribution in [1.29, 1.82) is 0 Å². The minimum Gasteiger partial charge on any atom is -0.338 e. The Morgan fingerprint density at radius 2 is 2.03 bits per heavy atom. The second-order valence-corrected chi connectivity index (χ2v) is 10.5. The first-order chi connectivity index (χ1) is 13.9. The van der Waals surface area contributed by atoms with Crippen molar-refractivity contribution in [1.82, 2.24) is 20.1 Å². The van der Waals surface area contributed by atoms with Crippen molar-refractivity contribution in [2.75, 3.05) is 23.8 Å². The quantitative estimate of drug-likeness (QED) is 0.607. The maximum Gasteiger partial charge on any atom is 0.233 e. The lowest BCUT2D eigenvalue weighted by Gasteiger charge is -2.28. The van der Waals surface area contributed by atoms with Crippen LogP contribution < -0.4 is 0 Å². The Hall–Kier alpha value is -1.87. The highest BCUT2D eigenvalue weighted by atomic mass is 32.2. The molecule has 1 fully saturated rings. The summed E-state index contributed by atoms with van der Waals surface area (Å²) in [5.74, 6) is 1.07. The average molecular weight is 437 g/mol. The van der Waals surface area contributed by atoms with Crippen LogP contribution in [0.15, 0.2) is 29.4 Å². The van der Waals surface area contributed by atoms with Crippen LogP contribution in [-0.4, -0.2) is 64.3 Å². The van der Waals surface area contributed by atoms with Crippen molar-refractivity contribution in [2.24, 2.45) is 0 Å². The molecule has 158 valence electrons. The monoisotopic (exact) mass is 436 g/mol. The number of aromatic nitrogens is 3. The third kappa shape index (κ3) is 5.82. The number of benzene rings is 1. The van der Waals surface area contributed by atoms with Crippen molar-refractivity contribution >= 4 is 27.5 Å². The van der Waals surface area contributed by atoms with E-state index in [0.717, 1.165) is 24.8 Å². The fourth-order valence-electron chi connectivity index (χ4n) is 3.41. The summed E-state index contributed by atoms with van der Waals surface area (Å²) in [6.07, 6.45) is 3.33. The summed E-state index contributed by atoms with van der Waals surface area (Å²) in [5.41, 5.74) is 2.21. The van der Waals surface area contributed by atoms with Crippen molar-refractivity contribution in [3.05, 3.63) is 29.8 Å². The number of rotatable bonds is 9. The summed E-state index contributed by atoms with van der Waals surface area (Å²) in [7, 11) is -3.03. The van der Waals surface area contributed by atoms with Crippen LogP contribution >= 0.6 is 11.8 Å². The van der Waals surface area contributed by atoms with Gasteiger partial charge in [-0.1, -0.05) is 56.3 Å². The molecule has 1 aliphatic heterocycles. The van der Waals surface area contributed by atoms with Crippen LogP contribution in [0.1, 0.15) is 38.7 Å². The standard InChI is InChI=1S/C20H28N4O3S2/c1-3-5-11-24(17-10-12-29(26,27)14-17)18(25)13-28-20-21-19(22-23-20)16-8-6-15(4-2)7-9-16/h6-9,17H,3-5,10-14H2,1-2H3,(H,21,22,23). The van der Waals surface area contributed by atoms with Gasteiger partial charge in [-0.05, 0) is 24.8 Å². The van der Waals surface area contributed by atoms with Crippen molar-refractivity contribution in [3.63, 3.8) is 0 Å². The highest BCUT2D eigenvalue weighted by Gasteiger charge is 2.34. The number of nitrogens with one attached hydrogen (secondary N) is 1. The van der Waals surface area contributed by atoms with E-state index in [1.165, 1.54) is 17.3 Å². The fraction of sp³-hybridized carbons (Fsp3) is 0.550. The number of carbonyl (C=O) groups is 1. The summed E-state index contributed by atoms with van der Waals surface area (Å²) in [4.78, 5) is 19.0. The van der Waals surface area contributed by atoms with Crippen LogP contribution in [0.2, 0.25) is 0 Å². The number of aromatic amines is 1. The van der Waals surface area contributed by atoms with Crippen LogP contribution in [0.25, 0.3) is 11.4 Å². The van der Waals surface area contributed by atoms with Crippen LogP contribution in [0.4, 0.5) is 0 Å². The van der Waals surface area contributed by atoms with E-state index in [-0.39, 0.29) is 29.2 Å². The first kappa shape index (κ1) is 21.8. The van der Waals surface area contributed by atoms with Crippen LogP contribution in [-0.2, 0) is 21.1 Å². The molecule has 0 spiro atoms. The summed E-state index contributed by atoms with van der Waals surface area (Å²) in [6, 6.07) is 7.93. The first-order valence-electron chi connectivity index (χ1n) is 10.1. The molecule has 0 bridgehead atoms. The Morgan fingerprint density at radius 1 is 1.28 bits per heavy atom. The molecule has 1 aromatic heterocycles. The summed E-state index contributed by atoms with van der Waals surface area (Å²) < 4.78 is 23.7. The predicted octanol–water partition coefficient (Wildman–Crippen LogP) is 2.94. The maximum absolute atomic E-state index is 12.8. The molecule has 1 N–H and O–H groups in total. The smallest absolute Gasteiger partial charge is 0.233 e. The fourth-order valence-corrected chi connectivity index (χ4v) is 5.82. The van der Waals surface area contributed by atoms with Gasteiger partial charge in [-0.15, -0.1) is 5.10 Å². The van der Waals surface area contributed by atoms with Gasteiger partial charge in [0.25, 0.3) is 0 Å². The van der Waals surface area contributed by atoms with Gasteiger partial charge in [0.2, 0.25) is 11.1 Å². The van der Waals surface area contributed by atoms with E-state index in [0.29, 0.717) is 23.9 Å². The zero-order chi connectivity index (χ0) is 20.9. The number of hydrogen-bond acceptors (Lipinski definition) is 6. The number of sulfone groups is 1. The van der Waals surface area contributed by atoms with Gasteiger partial charge in [-0.25, -0.2) is 13.4 Å². The minimum atomic E-state index is -3.03. The molecule has 1 atom stereocenters. The Balaban J connectivity index is 1.61. The molecule has 1 aromatic carbocycles. The van der Waals surface area contributed by atoms with Gasteiger partial charge in [0.05, 0.1) is 17.3 Å². The largest absolute Gasteiger partial charge is 0.338 e. The first-order valence-corrected chi connectivity index (χ1v) is 12.9. The summed E-state index contributed by atoms with van der Waals surface area (Å²) in [6.45, 7) is 4.77. The second kappa shape index (κ2) is 9.75. The van der Waals surface area contributed by atoms with Crippen LogP contribution in [0.3, 0.4) is 0 Å². The number of amides is 1. The number of carbonyl (C=O) groups excluding carboxylic acids is 1. The topological polar surface area (TPSA) is 96.0 Å². The molecule has 3 rings (SSSR count). The lowest BCUT2D eigenvalue weighted by atomic mass is 10.1. The van der Waals surface area contributed by atoms with Gasteiger partial charge in [0.1, 0.15) is 0 Å². The van der Waals surface area contributed by atoms with E-state index in [4.69, 9.17) is 0 Å². The number of nitrogens with zero attached hydrogens (tertiary/aromatic N) is 3. The van der Waals surface area contributed by atoms with E-state index >= 15 is 0 Å². The molecule has 2 aromatic rings. The summed E-state index contributed by atoms with van der Waals surface area (Å²) >= 11 is 1.28. The minimum absolute atomic E-state index is 0.0517. The zero-order valence-electron chi connectivity index (χ0n) is 16.9. The molecule has 1 unspecified atom stereocenters. The van der Waals surface area contributed by atoms with Crippen molar-refractivity contribution in [2.45, 2.75) is 50.7 Å². The van der Waals surface area contributed by atoms with Crippen LogP contribution in [0, 0.1) is 0 Å². The number of hydrogen-bond donors (Lipinski definition) is 1. The second-order valence-electron chi connectivity index (χ2n) is 7.30. The number of aryl methyl sites for hydroxylation is 1. The van der Waals surface area contributed by atoms with Crippen molar-refractivity contribution in [3.8, 4) is 11.4 Å². The normalized spacial score (nSPS) is 18.1. The average Bonchev–Trinajstić information content (AvgIpc) is 3.33. The summed E-state index contributed by atoms with van der Waals surface area (Å²) in [5, 5.41) is 7.65. The Kier molecular flexibility index (Phi) is 7.34. The maximum atomic E-state index is 12.8. The van der Waals surface area contributed by atoms with Gasteiger partial charge in [-0.3, -0.25) is 9.89 Å². The van der Waals surface area contributed by atoms with Gasteiger partial charge in [0, 0.05) is 18.2 Å². The Bertz CT molecular complexity index is 925. The molecule has 2 heterocycles. The molecule has 7 nitrogen and oxygen atoms in total. The van der Waals surface area contributed by atoms with Gasteiger partial charge in [0.15, 0.2) is 15.7 Å². The van der Waals surface area contributed by atoms with E-state index in [2.05, 4.69) is 41.2 Å². The van der Waals surface area contributed by atoms with Crippen molar-refractivity contribution < 1.29 is 13.2 Å². The Labute approximate surface area is 176 Å². The van der Waals surface area contributed by atoms with Gasteiger partial charge < -0.3 is 4.90 Å². The molecule has 29 heavy (non-hydrogen) atoms. The van der Waals surface area contributed by atoms with E-state index in [9.17, 15) is 13.2 Å². The van der Waals surface area contributed by atoms with E-state index in [1.807, 2.05) is 12.1 Å². The molecule has 0 aliphatic carbocycles. The van der Waals surface area contributed by atoms with Gasteiger partial charge >= 0.3 is 0 Å². The number of H-pyrrole nitrogens is 1. The number of unbranched alkanes of at least 4 members (excludes halogenated alkanes) is 1. The molecule has 1 aliphatic rings. The molecular formula is C20H28N4O3S2. The van der Waals surface area contributed by atoms with E-state index < -0.39 is 9.84 Å². The molecule has 1 amide bonds. The molecule has 1 saturated heterocycles. The Morgan fingerprint density at radius 3 is 2.66 bits per heavy atom. The molecule has 9 heteroatoms. The van der Waals surface area contributed by atoms with Gasteiger partial charge in [-0.2, -0.15) is 0 Å². The molecular weight excluding hydrogens is 408 g/mol. The molecule has 0 saturated carbocycles. The number of thioether (sulfide) groups is 1. The highest BCUT2D eigenvalue weighted by molar-refractivity contribution is 7.99. The highest BCUT2D eigenvalue weighted by Crippen LogP contribution is 2.23. The zero-order valence-corrected chi connectivity index (χ0v) is 18.6.